The molecule has 1 aliphatic heterocycles. The summed E-state index contributed by atoms with van der Waals surface area (Å²) >= 11 is 1.65. The second kappa shape index (κ2) is 7.79. The van der Waals surface area contributed by atoms with Crippen LogP contribution < -0.4 is 5.32 Å². The zero-order valence-electron chi connectivity index (χ0n) is 14.4. The molecule has 0 aromatic carbocycles. The second-order valence-electron chi connectivity index (χ2n) is 6.02. The van der Waals surface area contributed by atoms with Crippen LogP contribution in [0.15, 0.2) is 17.8 Å². The van der Waals surface area contributed by atoms with E-state index in [-0.39, 0.29) is 12.1 Å². The summed E-state index contributed by atoms with van der Waals surface area (Å²) in [5, 5.41) is 6.17. The highest BCUT2D eigenvalue weighted by atomic mass is 32.1. The molecule has 1 fully saturated rings. The third-order valence-electron chi connectivity index (χ3n) is 4.47. The minimum Gasteiger partial charge on any atom is -0.333 e. The van der Waals surface area contributed by atoms with Gasteiger partial charge in [0.1, 0.15) is 5.82 Å². The van der Waals surface area contributed by atoms with E-state index >= 15 is 0 Å². The van der Waals surface area contributed by atoms with Crippen LogP contribution >= 0.6 is 11.3 Å². The van der Waals surface area contributed by atoms with Crippen molar-refractivity contribution in [1.82, 2.24) is 24.8 Å². The van der Waals surface area contributed by atoms with Crippen molar-refractivity contribution in [3.8, 4) is 0 Å². The molecule has 0 spiro atoms. The Labute approximate surface area is 146 Å². The first kappa shape index (κ1) is 17.0. The highest BCUT2D eigenvalue weighted by molar-refractivity contribution is 7.09. The standard InChI is InChI=1S/C17H25N5OS/c1-3-15-20-13(12-24-15)11-19-17(23)22-9-6-5-7-14(22)16-18-8-10-21(16)4-2/h8,10,12,14H,3-7,9,11H2,1-2H3,(H,19,23)/t14-/m1/s1. The molecule has 2 aromatic heterocycles. The topological polar surface area (TPSA) is 63.1 Å². The summed E-state index contributed by atoms with van der Waals surface area (Å²) in [7, 11) is 0. The first-order valence-corrected chi connectivity index (χ1v) is 9.59. The molecule has 0 unspecified atom stereocenters. The lowest BCUT2D eigenvalue weighted by atomic mass is 10.0. The van der Waals surface area contributed by atoms with Gasteiger partial charge in [-0.15, -0.1) is 11.3 Å². The van der Waals surface area contributed by atoms with Gasteiger partial charge in [-0.1, -0.05) is 6.92 Å². The fraction of sp³-hybridized carbons (Fsp3) is 0.588. The van der Waals surface area contributed by atoms with Crippen LogP contribution in [0.2, 0.25) is 0 Å². The number of rotatable bonds is 5. The maximum absolute atomic E-state index is 12.7. The molecule has 130 valence electrons. The lowest BCUT2D eigenvalue weighted by Gasteiger charge is -2.35. The maximum atomic E-state index is 12.7. The van der Waals surface area contributed by atoms with E-state index < -0.39 is 0 Å². The predicted octanol–water partition coefficient (Wildman–Crippen LogP) is 3.36. The van der Waals surface area contributed by atoms with Crippen LogP contribution in [0.25, 0.3) is 0 Å². The van der Waals surface area contributed by atoms with Crippen molar-refractivity contribution < 1.29 is 4.79 Å². The van der Waals surface area contributed by atoms with Gasteiger partial charge in [0.15, 0.2) is 0 Å². The Kier molecular flexibility index (Phi) is 5.50. The summed E-state index contributed by atoms with van der Waals surface area (Å²) in [5.74, 6) is 0.995. The number of hydrogen-bond donors (Lipinski definition) is 1. The van der Waals surface area contributed by atoms with Crippen LogP contribution in [-0.2, 0) is 19.5 Å². The summed E-state index contributed by atoms with van der Waals surface area (Å²) in [5.41, 5.74) is 0.939. The molecule has 0 radical (unpaired) electrons. The molecule has 2 aromatic rings. The number of likely N-dealkylation sites (tertiary alicyclic amines) is 1. The molecule has 0 aliphatic carbocycles. The van der Waals surface area contributed by atoms with Gasteiger partial charge in [0.2, 0.25) is 0 Å². The van der Waals surface area contributed by atoms with Crippen LogP contribution in [0.5, 0.6) is 0 Å². The van der Waals surface area contributed by atoms with E-state index in [1.165, 1.54) is 0 Å². The largest absolute Gasteiger partial charge is 0.333 e. The van der Waals surface area contributed by atoms with E-state index in [4.69, 9.17) is 0 Å². The summed E-state index contributed by atoms with van der Waals surface area (Å²) in [4.78, 5) is 23.7. The Hall–Kier alpha value is -1.89. The Morgan fingerprint density at radius 3 is 3.04 bits per heavy atom. The molecule has 3 heterocycles. The van der Waals surface area contributed by atoms with E-state index in [9.17, 15) is 4.79 Å². The molecular weight excluding hydrogens is 322 g/mol. The number of aryl methyl sites for hydroxylation is 2. The smallest absolute Gasteiger partial charge is 0.318 e. The van der Waals surface area contributed by atoms with Crippen LogP contribution in [0, 0.1) is 0 Å². The van der Waals surface area contributed by atoms with Crippen molar-refractivity contribution in [3.05, 3.63) is 34.3 Å². The Bertz CT molecular complexity index is 680. The number of carbonyl (C=O) groups excluding carboxylic acids is 1. The van der Waals surface area contributed by atoms with Crippen molar-refractivity contribution in [2.45, 2.75) is 58.7 Å². The summed E-state index contributed by atoms with van der Waals surface area (Å²) in [6.07, 6.45) is 7.91. The Morgan fingerprint density at radius 1 is 1.42 bits per heavy atom. The van der Waals surface area contributed by atoms with Gasteiger partial charge in [-0.25, -0.2) is 14.8 Å². The van der Waals surface area contributed by atoms with Crippen LogP contribution in [0.1, 0.15) is 55.7 Å². The van der Waals surface area contributed by atoms with Crippen molar-refractivity contribution in [2.75, 3.05) is 6.54 Å². The normalized spacial score (nSPS) is 17.9. The van der Waals surface area contributed by atoms with Gasteiger partial charge >= 0.3 is 6.03 Å². The fourth-order valence-electron chi connectivity index (χ4n) is 3.19. The number of aromatic nitrogens is 3. The molecule has 0 bridgehead atoms. The molecule has 1 saturated heterocycles. The molecule has 1 atom stereocenters. The van der Waals surface area contributed by atoms with Gasteiger partial charge < -0.3 is 14.8 Å². The van der Waals surface area contributed by atoms with Gasteiger partial charge in [-0.05, 0) is 32.6 Å². The SMILES string of the molecule is CCc1nc(CNC(=O)N2CCCC[C@@H]2c2nccn2CC)cs1. The molecule has 1 N–H and O–H groups in total. The summed E-state index contributed by atoms with van der Waals surface area (Å²) in [6, 6.07) is 0.0479. The molecular formula is C17H25N5OS. The average Bonchev–Trinajstić information content (AvgIpc) is 3.28. The summed E-state index contributed by atoms with van der Waals surface area (Å²) < 4.78 is 2.13. The maximum Gasteiger partial charge on any atom is 0.318 e. The number of piperidine rings is 1. The molecule has 2 amide bonds. The quantitative estimate of drug-likeness (QED) is 0.902. The van der Waals surface area contributed by atoms with E-state index in [0.717, 1.165) is 55.3 Å². The first-order chi connectivity index (χ1) is 11.7. The van der Waals surface area contributed by atoms with Crippen molar-refractivity contribution in [2.24, 2.45) is 0 Å². The van der Waals surface area contributed by atoms with Crippen LogP contribution in [-0.4, -0.2) is 32.0 Å². The lowest BCUT2D eigenvalue weighted by molar-refractivity contribution is 0.145. The van der Waals surface area contributed by atoms with E-state index in [1.54, 1.807) is 11.3 Å². The van der Waals surface area contributed by atoms with Gasteiger partial charge in [-0.3, -0.25) is 0 Å². The number of nitrogens with one attached hydrogen (secondary N) is 1. The summed E-state index contributed by atoms with van der Waals surface area (Å²) in [6.45, 7) is 6.34. The first-order valence-electron chi connectivity index (χ1n) is 8.71. The fourth-order valence-corrected chi connectivity index (χ4v) is 3.93. The van der Waals surface area contributed by atoms with E-state index in [0.29, 0.717) is 6.54 Å². The van der Waals surface area contributed by atoms with Gasteiger partial charge in [0.05, 0.1) is 23.3 Å². The zero-order chi connectivity index (χ0) is 16.9. The van der Waals surface area contributed by atoms with Crippen molar-refractivity contribution >= 4 is 17.4 Å². The van der Waals surface area contributed by atoms with Crippen LogP contribution in [0.4, 0.5) is 4.79 Å². The van der Waals surface area contributed by atoms with E-state index in [1.807, 2.05) is 22.7 Å². The Balaban J connectivity index is 1.67. The van der Waals surface area contributed by atoms with E-state index in [2.05, 4.69) is 33.7 Å². The average molecular weight is 347 g/mol. The monoisotopic (exact) mass is 347 g/mol. The predicted molar refractivity (Wildman–Crippen MR) is 94.9 cm³/mol. The van der Waals surface area contributed by atoms with Crippen molar-refractivity contribution in [1.29, 1.82) is 0 Å². The Morgan fingerprint density at radius 2 is 2.29 bits per heavy atom. The molecule has 7 heteroatoms. The number of hydrogen-bond acceptors (Lipinski definition) is 4. The van der Waals surface area contributed by atoms with Crippen molar-refractivity contribution in [3.63, 3.8) is 0 Å². The number of thiazole rings is 1. The zero-order valence-corrected chi connectivity index (χ0v) is 15.2. The lowest BCUT2D eigenvalue weighted by Crippen LogP contribution is -2.45. The molecule has 0 saturated carbocycles. The molecule has 1 aliphatic rings. The van der Waals surface area contributed by atoms with Gasteiger partial charge in [-0.2, -0.15) is 0 Å². The number of imidazole rings is 1. The number of nitrogens with zero attached hydrogens (tertiary/aromatic N) is 4. The van der Waals surface area contributed by atoms with Gasteiger partial charge in [0.25, 0.3) is 0 Å². The minimum atomic E-state index is -0.0172. The van der Waals surface area contributed by atoms with Crippen LogP contribution in [0.3, 0.4) is 0 Å². The van der Waals surface area contributed by atoms with Gasteiger partial charge in [0, 0.05) is 30.9 Å². The molecule has 6 nitrogen and oxygen atoms in total. The third-order valence-corrected chi connectivity index (χ3v) is 5.51. The number of urea groups is 1. The second-order valence-corrected chi connectivity index (χ2v) is 6.96. The number of carbonyl (C=O) groups is 1. The molecule has 3 rings (SSSR count). The number of amides is 2. The highest BCUT2D eigenvalue weighted by Crippen LogP contribution is 2.30. The molecule has 24 heavy (non-hydrogen) atoms. The highest BCUT2D eigenvalue weighted by Gasteiger charge is 2.30. The minimum absolute atomic E-state index is 0.0172. The third kappa shape index (κ3) is 3.61.